The van der Waals surface area contributed by atoms with Crippen LogP contribution in [0.15, 0.2) is 65.3 Å². The van der Waals surface area contributed by atoms with Crippen molar-refractivity contribution in [2.75, 3.05) is 0 Å². The van der Waals surface area contributed by atoms with E-state index in [4.69, 9.17) is 13.7 Å². The van der Waals surface area contributed by atoms with Crippen molar-refractivity contribution in [3.05, 3.63) is 66.4 Å². The first-order chi connectivity index (χ1) is 14.7. The molecule has 1 aliphatic rings. The molecule has 1 fully saturated rings. The maximum atomic E-state index is 6.30. The lowest BCUT2D eigenvalue weighted by Gasteiger charge is -2.32. The third-order valence-electron chi connectivity index (χ3n) is 6.93. The number of hydrogen-bond donors (Lipinski definition) is 0. The van der Waals surface area contributed by atoms with Gasteiger partial charge in [-0.3, -0.25) is 0 Å². The minimum atomic E-state index is -0.370. The molecule has 4 aromatic rings. The molecule has 0 aliphatic carbocycles. The molecule has 158 valence electrons. The summed E-state index contributed by atoms with van der Waals surface area (Å²) in [6, 6.07) is 19.2. The molecule has 1 saturated heterocycles. The van der Waals surface area contributed by atoms with Crippen molar-refractivity contribution in [1.29, 1.82) is 0 Å². The lowest BCUT2D eigenvalue weighted by atomic mass is 9.77. The maximum absolute atomic E-state index is 6.30. The predicted molar refractivity (Wildman–Crippen MR) is 129 cm³/mol. The molecule has 0 N–H and O–H groups in total. The fraction of sp³-hybridized carbons (Fsp3) is 0.333. The molecular formula is C27H29BO3. The van der Waals surface area contributed by atoms with Gasteiger partial charge in [0.2, 0.25) is 0 Å². The highest BCUT2D eigenvalue weighted by Crippen LogP contribution is 2.40. The van der Waals surface area contributed by atoms with Gasteiger partial charge in [0, 0.05) is 16.5 Å². The van der Waals surface area contributed by atoms with Crippen LogP contribution in [-0.4, -0.2) is 18.3 Å². The molecule has 1 aromatic heterocycles. The van der Waals surface area contributed by atoms with Crippen LogP contribution >= 0.6 is 0 Å². The molecule has 3 aromatic carbocycles. The topological polar surface area (TPSA) is 31.6 Å². The van der Waals surface area contributed by atoms with E-state index in [1.54, 1.807) is 0 Å². The van der Waals surface area contributed by atoms with Gasteiger partial charge in [0.25, 0.3) is 0 Å². The first kappa shape index (κ1) is 20.4. The zero-order valence-corrected chi connectivity index (χ0v) is 19.2. The molecule has 0 saturated carbocycles. The molecule has 0 bridgehead atoms. The van der Waals surface area contributed by atoms with Gasteiger partial charge in [-0.2, -0.15) is 0 Å². The summed E-state index contributed by atoms with van der Waals surface area (Å²) in [4.78, 5) is 0. The summed E-state index contributed by atoms with van der Waals surface area (Å²) in [6.07, 6.45) is 1.89. The molecule has 2 heterocycles. The van der Waals surface area contributed by atoms with Crippen LogP contribution in [-0.2, 0) is 9.31 Å². The summed E-state index contributed by atoms with van der Waals surface area (Å²) in [5, 5.41) is 3.55. The predicted octanol–water partition coefficient (Wildman–Crippen LogP) is 6.68. The summed E-state index contributed by atoms with van der Waals surface area (Å²) < 4.78 is 18.7. The van der Waals surface area contributed by atoms with Crippen LogP contribution in [0.25, 0.3) is 32.9 Å². The summed E-state index contributed by atoms with van der Waals surface area (Å²) in [5.74, 6) is 0.337. The molecule has 5 rings (SSSR count). The number of hydrogen-bond acceptors (Lipinski definition) is 3. The van der Waals surface area contributed by atoms with Crippen molar-refractivity contribution in [2.45, 2.75) is 58.7 Å². The van der Waals surface area contributed by atoms with Gasteiger partial charge in [-0.25, -0.2) is 0 Å². The van der Waals surface area contributed by atoms with Crippen LogP contribution in [0.2, 0.25) is 0 Å². The zero-order chi connectivity index (χ0) is 22.0. The van der Waals surface area contributed by atoms with Crippen molar-refractivity contribution in [2.24, 2.45) is 0 Å². The van der Waals surface area contributed by atoms with E-state index in [-0.39, 0.29) is 18.3 Å². The van der Waals surface area contributed by atoms with E-state index in [9.17, 15) is 0 Å². The average Bonchev–Trinajstić information content (AvgIpc) is 3.23. The van der Waals surface area contributed by atoms with Gasteiger partial charge in [-0.15, -0.1) is 0 Å². The fourth-order valence-electron chi connectivity index (χ4n) is 4.48. The molecule has 3 nitrogen and oxygen atoms in total. The molecule has 1 aliphatic heterocycles. The molecule has 31 heavy (non-hydrogen) atoms. The zero-order valence-electron chi connectivity index (χ0n) is 19.2. The Morgan fingerprint density at radius 2 is 1.48 bits per heavy atom. The molecule has 0 amide bonds. The highest BCUT2D eigenvalue weighted by atomic mass is 16.7. The van der Waals surface area contributed by atoms with Crippen molar-refractivity contribution < 1.29 is 13.7 Å². The number of benzene rings is 3. The Bertz CT molecular complexity index is 1250. The second-order valence-corrected chi connectivity index (χ2v) is 9.91. The summed E-state index contributed by atoms with van der Waals surface area (Å²) >= 11 is 0. The molecule has 0 atom stereocenters. The Hall–Kier alpha value is -2.56. The van der Waals surface area contributed by atoms with Crippen molar-refractivity contribution in [1.82, 2.24) is 0 Å². The van der Waals surface area contributed by atoms with E-state index in [0.29, 0.717) is 5.92 Å². The maximum Gasteiger partial charge on any atom is 0.494 e. The number of rotatable bonds is 3. The second-order valence-electron chi connectivity index (χ2n) is 9.91. The van der Waals surface area contributed by atoms with Gasteiger partial charge in [-0.1, -0.05) is 62.4 Å². The van der Waals surface area contributed by atoms with E-state index in [0.717, 1.165) is 27.6 Å². The Balaban J connectivity index is 1.70. The quantitative estimate of drug-likeness (QED) is 0.352. The lowest BCUT2D eigenvalue weighted by molar-refractivity contribution is 0.00578. The van der Waals surface area contributed by atoms with Crippen molar-refractivity contribution >= 4 is 34.3 Å². The van der Waals surface area contributed by atoms with E-state index in [2.05, 4.69) is 90.1 Å². The standard InChI is InChI=1S/C27H29BO3/c1-17(2)24-21-13-12-20(28-30-26(3,4)27(5,6)31-28)14-19(21)15-22-23(16-29-25(22)24)18-10-8-7-9-11-18/h7-17H,1-6H3. The van der Waals surface area contributed by atoms with Crippen LogP contribution in [0.3, 0.4) is 0 Å². The van der Waals surface area contributed by atoms with E-state index in [1.165, 1.54) is 16.3 Å². The van der Waals surface area contributed by atoms with Gasteiger partial charge in [0.05, 0.1) is 17.5 Å². The van der Waals surface area contributed by atoms with Crippen molar-refractivity contribution in [3.8, 4) is 11.1 Å². The minimum absolute atomic E-state index is 0.337. The highest BCUT2D eigenvalue weighted by Gasteiger charge is 2.51. The SMILES string of the molecule is CC(C)c1c2ccc(B3OC(C)(C)C(C)(C)O3)cc2cc2c(-c3ccccc3)coc12. The smallest absolute Gasteiger partial charge is 0.463 e. The Morgan fingerprint density at radius 1 is 0.806 bits per heavy atom. The number of furan rings is 1. The Morgan fingerprint density at radius 3 is 2.13 bits per heavy atom. The molecule has 0 unspecified atom stereocenters. The van der Waals surface area contributed by atoms with E-state index < -0.39 is 0 Å². The summed E-state index contributed by atoms with van der Waals surface area (Å²) in [5.41, 5.74) is 4.85. The fourth-order valence-corrected chi connectivity index (χ4v) is 4.48. The first-order valence-corrected chi connectivity index (χ1v) is 11.1. The van der Waals surface area contributed by atoms with Crippen LogP contribution < -0.4 is 5.46 Å². The van der Waals surface area contributed by atoms with Gasteiger partial charge in [0.1, 0.15) is 5.58 Å². The molecule has 4 heteroatoms. The third kappa shape index (κ3) is 3.21. The van der Waals surface area contributed by atoms with Crippen LogP contribution in [0.1, 0.15) is 53.0 Å². The Labute approximate surface area is 184 Å². The molecule has 0 radical (unpaired) electrons. The lowest BCUT2D eigenvalue weighted by Crippen LogP contribution is -2.41. The number of fused-ring (bicyclic) bond motifs is 2. The van der Waals surface area contributed by atoms with Gasteiger partial charge >= 0.3 is 7.12 Å². The highest BCUT2D eigenvalue weighted by molar-refractivity contribution is 6.62. The second kappa shape index (κ2) is 6.98. The van der Waals surface area contributed by atoms with Gasteiger partial charge in [0.15, 0.2) is 0 Å². The van der Waals surface area contributed by atoms with E-state index >= 15 is 0 Å². The van der Waals surface area contributed by atoms with Crippen molar-refractivity contribution in [3.63, 3.8) is 0 Å². The largest absolute Gasteiger partial charge is 0.494 e. The van der Waals surface area contributed by atoms with E-state index in [1.807, 2.05) is 12.3 Å². The van der Waals surface area contributed by atoms with Gasteiger partial charge in [-0.05, 0) is 61.5 Å². The van der Waals surface area contributed by atoms with Crippen LogP contribution in [0.5, 0.6) is 0 Å². The minimum Gasteiger partial charge on any atom is -0.463 e. The van der Waals surface area contributed by atoms with Crippen LogP contribution in [0.4, 0.5) is 0 Å². The first-order valence-electron chi connectivity index (χ1n) is 11.1. The van der Waals surface area contributed by atoms with Gasteiger partial charge < -0.3 is 13.7 Å². The molecular weight excluding hydrogens is 383 g/mol. The normalized spacial score (nSPS) is 17.8. The van der Waals surface area contributed by atoms with Crippen LogP contribution in [0, 0.1) is 0 Å². The average molecular weight is 412 g/mol. The summed E-state index contributed by atoms with van der Waals surface area (Å²) in [7, 11) is -0.370. The monoisotopic (exact) mass is 412 g/mol. The molecule has 0 spiro atoms. The Kier molecular flexibility index (Phi) is 4.58. The third-order valence-corrected chi connectivity index (χ3v) is 6.93. The summed E-state index contributed by atoms with van der Waals surface area (Å²) in [6.45, 7) is 12.8.